The number of carbonyl (C=O) groups excluding carboxylic acids is 1. The summed E-state index contributed by atoms with van der Waals surface area (Å²) in [4.78, 5) is 16.7. The van der Waals surface area contributed by atoms with Gasteiger partial charge in [-0.25, -0.2) is 4.98 Å². The predicted molar refractivity (Wildman–Crippen MR) is 106 cm³/mol. The third-order valence-corrected chi connectivity index (χ3v) is 5.30. The largest absolute Gasteiger partial charge is 0.493 e. The van der Waals surface area contributed by atoms with Crippen LogP contribution in [0.15, 0.2) is 29.1 Å². The van der Waals surface area contributed by atoms with Crippen LogP contribution < -0.4 is 14.8 Å². The molecule has 1 aromatic carbocycles. The van der Waals surface area contributed by atoms with Crippen molar-refractivity contribution in [2.75, 3.05) is 7.11 Å². The quantitative estimate of drug-likeness (QED) is 0.547. The van der Waals surface area contributed by atoms with Gasteiger partial charge in [-0.15, -0.1) is 11.3 Å². The number of rotatable bonds is 8. The van der Waals surface area contributed by atoms with Crippen LogP contribution in [0, 0.1) is 4.77 Å². The number of nitrogens with one attached hydrogen (secondary N) is 2. The first-order chi connectivity index (χ1) is 13.7. The van der Waals surface area contributed by atoms with E-state index in [0.717, 1.165) is 24.4 Å². The number of amides is 1. The molecule has 0 unspecified atom stereocenters. The van der Waals surface area contributed by atoms with Crippen LogP contribution in [0.2, 0.25) is 0 Å². The molecule has 0 saturated heterocycles. The lowest BCUT2D eigenvalue weighted by molar-refractivity contribution is 0.0949. The van der Waals surface area contributed by atoms with Crippen LogP contribution in [0.5, 0.6) is 11.5 Å². The maximum atomic E-state index is 12.6. The third-order valence-electron chi connectivity index (χ3n) is 4.38. The Morgan fingerprint density at radius 1 is 1.43 bits per heavy atom. The molecule has 1 amide bonds. The lowest BCUT2D eigenvalue weighted by Gasteiger charge is -2.12. The van der Waals surface area contributed by atoms with Gasteiger partial charge in [0.2, 0.25) is 0 Å². The van der Waals surface area contributed by atoms with Crippen molar-refractivity contribution in [3.05, 3.63) is 50.9 Å². The van der Waals surface area contributed by atoms with Gasteiger partial charge in [0.15, 0.2) is 22.1 Å². The number of H-pyrrole nitrogens is 1. The average molecular weight is 418 g/mol. The van der Waals surface area contributed by atoms with E-state index >= 15 is 0 Å². The van der Waals surface area contributed by atoms with Crippen molar-refractivity contribution in [2.45, 2.75) is 32.0 Å². The summed E-state index contributed by atoms with van der Waals surface area (Å²) >= 11 is 6.77. The standard InChI is InChI=1S/C18H19N5O3S2/c1-25-15-6-11(2-5-14(15)26-8-12-9-28-10-20-12)17(24)19-7-16-21-22-18(27)23(16)13-3-4-13/h2,5-6,9-10,13H,3-4,7-8H2,1H3,(H,19,24)(H,22,27). The zero-order chi connectivity index (χ0) is 19.5. The number of hydrogen-bond donors (Lipinski definition) is 2. The van der Waals surface area contributed by atoms with Gasteiger partial charge >= 0.3 is 0 Å². The van der Waals surface area contributed by atoms with E-state index in [2.05, 4.69) is 20.5 Å². The van der Waals surface area contributed by atoms with Crippen molar-refractivity contribution in [1.29, 1.82) is 0 Å². The molecular weight excluding hydrogens is 398 g/mol. The molecule has 1 saturated carbocycles. The number of thiazole rings is 1. The van der Waals surface area contributed by atoms with Gasteiger partial charge in [-0.2, -0.15) is 5.10 Å². The van der Waals surface area contributed by atoms with Crippen LogP contribution >= 0.6 is 23.6 Å². The van der Waals surface area contributed by atoms with Gasteiger partial charge in [0.1, 0.15) is 6.61 Å². The second-order valence-electron chi connectivity index (χ2n) is 6.36. The maximum absolute atomic E-state index is 12.6. The maximum Gasteiger partial charge on any atom is 0.251 e. The van der Waals surface area contributed by atoms with Gasteiger partial charge in [-0.05, 0) is 43.3 Å². The smallest absolute Gasteiger partial charge is 0.251 e. The number of nitrogens with zero attached hydrogens (tertiary/aromatic N) is 3. The van der Waals surface area contributed by atoms with Gasteiger partial charge in [0.25, 0.3) is 5.91 Å². The molecule has 4 rings (SSSR count). The molecular formula is C18H19N5O3S2. The van der Waals surface area contributed by atoms with E-state index in [1.54, 1.807) is 30.8 Å². The highest BCUT2D eigenvalue weighted by atomic mass is 32.1. The summed E-state index contributed by atoms with van der Waals surface area (Å²) in [6, 6.07) is 5.48. The molecule has 10 heteroatoms. The Balaban J connectivity index is 1.42. The molecule has 1 aliphatic rings. The Bertz CT molecular complexity index is 1020. The van der Waals surface area contributed by atoms with Crippen LogP contribution in [0.25, 0.3) is 0 Å². The van der Waals surface area contributed by atoms with E-state index in [4.69, 9.17) is 21.7 Å². The lowest BCUT2D eigenvalue weighted by Crippen LogP contribution is -2.24. The van der Waals surface area contributed by atoms with Gasteiger partial charge in [-0.1, -0.05) is 0 Å². The summed E-state index contributed by atoms with van der Waals surface area (Å²) < 4.78 is 13.7. The molecule has 1 aliphatic carbocycles. The summed E-state index contributed by atoms with van der Waals surface area (Å²) in [6.45, 7) is 0.641. The highest BCUT2D eigenvalue weighted by molar-refractivity contribution is 7.71. The number of methoxy groups -OCH3 is 1. The number of benzene rings is 1. The fourth-order valence-corrected chi connectivity index (χ4v) is 3.66. The van der Waals surface area contributed by atoms with Crippen molar-refractivity contribution in [3.63, 3.8) is 0 Å². The zero-order valence-electron chi connectivity index (χ0n) is 15.2. The molecule has 8 nitrogen and oxygen atoms in total. The Hall–Kier alpha value is -2.72. The monoisotopic (exact) mass is 417 g/mol. The van der Waals surface area contributed by atoms with Crippen LogP contribution in [-0.4, -0.2) is 32.8 Å². The first-order valence-corrected chi connectivity index (χ1v) is 10.1. The second kappa shape index (κ2) is 8.11. The molecule has 0 atom stereocenters. The van der Waals surface area contributed by atoms with E-state index in [1.807, 2.05) is 9.95 Å². The minimum Gasteiger partial charge on any atom is -0.493 e. The molecule has 2 N–H and O–H groups in total. The van der Waals surface area contributed by atoms with Crippen molar-refractivity contribution in [2.24, 2.45) is 0 Å². The van der Waals surface area contributed by atoms with E-state index in [-0.39, 0.29) is 5.91 Å². The SMILES string of the molecule is COc1cc(C(=O)NCc2n[nH]c(=S)n2C2CC2)ccc1OCc1cscn1. The van der Waals surface area contributed by atoms with E-state index < -0.39 is 0 Å². The molecule has 146 valence electrons. The molecule has 2 aromatic heterocycles. The number of aromatic nitrogens is 4. The number of aromatic amines is 1. The van der Waals surface area contributed by atoms with E-state index in [1.165, 1.54) is 11.3 Å². The van der Waals surface area contributed by atoms with Gasteiger partial charge < -0.3 is 14.8 Å². The minimum atomic E-state index is -0.222. The summed E-state index contributed by atoms with van der Waals surface area (Å²) in [7, 11) is 1.54. The van der Waals surface area contributed by atoms with Crippen LogP contribution in [0.1, 0.15) is 40.8 Å². The second-order valence-corrected chi connectivity index (χ2v) is 7.47. The molecule has 0 radical (unpaired) electrons. The predicted octanol–water partition coefficient (Wildman–Crippen LogP) is 3.25. The summed E-state index contributed by atoms with van der Waals surface area (Å²) in [5.41, 5.74) is 3.08. The lowest BCUT2D eigenvalue weighted by atomic mass is 10.2. The zero-order valence-corrected chi connectivity index (χ0v) is 16.8. The molecule has 1 fully saturated rings. The highest BCUT2D eigenvalue weighted by Gasteiger charge is 2.27. The van der Waals surface area contributed by atoms with E-state index in [0.29, 0.717) is 41.0 Å². The number of carbonyl (C=O) groups is 1. The Labute approximate surface area is 170 Å². The third kappa shape index (κ3) is 4.07. The molecule has 0 spiro atoms. The first kappa shape index (κ1) is 18.6. The summed E-state index contributed by atoms with van der Waals surface area (Å²) in [6.07, 6.45) is 2.18. The molecule has 28 heavy (non-hydrogen) atoms. The van der Waals surface area contributed by atoms with Gasteiger partial charge in [0, 0.05) is 17.0 Å². The van der Waals surface area contributed by atoms with E-state index in [9.17, 15) is 4.79 Å². The van der Waals surface area contributed by atoms with Crippen molar-refractivity contribution < 1.29 is 14.3 Å². The summed E-state index contributed by atoms with van der Waals surface area (Å²) in [5.74, 6) is 1.56. The fraction of sp³-hybridized carbons (Fsp3) is 0.333. The number of ether oxygens (including phenoxy) is 2. The van der Waals surface area contributed by atoms with Crippen molar-refractivity contribution in [3.8, 4) is 11.5 Å². The minimum absolute atomic E-state index is 0.222. The Morgan fingerprint density at radius 3 is 3.00 bits per heavy atom. The first-order valence-electron chi connectivity index (χ1n) is 8.77. The molecule has 0 bridgehead atoms. The van der Waals surface area contributed by atoms with Crippen molar-refractivity contribution in [1.82, 2.24) is 25.1 Å². The topological polar surface area (TPSA) is 94.1 Å². The molecule has 0 aliphatic heterocycles. The van der Waals surface area contributed by atoms with Crippen LogP contribution in [0.3, 0.4) is 0 Å². The average Bonchev–Trinajstić information content (AvgIpc) is 3.27. The Morgan fingerprint density at radius 2 is 2.29 bits per heavy atom. The molecule has 3 aromatic rings. The van der Waals surface area contributed by atoms with Crippen molar-refractivity contribution >= 4 is 29.5 Å². The van der Waals surface area contributed by atoms with Gasteiger partial charge in [-0.3, -0.25) is 14.5 Å². The Kier molecular flexibility index (Phi) is 5.40. The fourth-order valence-electron chi connectivity index (χ4n) is 2.82. The normalized spacial score (nSPS) is 13.3. The molecule has 2 heterocycles. The number of hydrogen-bond acceptors (Lipinski definition) is 7. The highest BCUT2D eigenvalue weighted by Crippen LogP contribution is 2.35. The van der Waals surface area contributed by atoms with Crippen LogP contribution in [0.4, 0.5) is 0 Å². The summed E-state index contributed by atoms with van der Waals surface area (Å²) in [5, 5.41) is 11.8. The van der Waals surface area contributed by atoms with Gasteiger partial charge in [0.05, 0.1) is 24.9 Å². The van der Waals surface area contributed by atoms with Crippen LogP contribution in [-0.2, 0) is 13.2 Å².